The molecule has 0 spiro atoms. The molecule has 6 heteroatoms. The van der Waals surface area contributed by atoms with Crippen molar-refractivity contribution in [2.24, 2.45) is 17.3 Å². The number of hydrogen-bond acceptors (Lipinski definition) is 5. The molecule has 0 aliphatic carbocycles. The monoisotopic (exact) mass is 325 g/mol. The van der Waals surface area contributed by atoms with E-state index in [1.165, 1.54) is 11.8 Å². The van der Waals surface area contributed by atoms with Gasteiger partial charge in [-0.2, -0.15) is 0 Å². The summed E-state index contributed by atoms with van der Waals surface area (Å²) in [5, 5.41) is 8.49. The molecule has 0 bridgehead atoms. The number of para-hydroxylation sites is 1. The van der Waals surface area contributed by atoms with Gasteiger partial charge in [0.1, 0.15) is 5.71 Å². The van der Waals surface area contributed by atoms with Crippen molar-refractivity contribution in [3.8, 4) is 0 Å². The average Bonchev–Trinajstić information content (AvgIpc) is 3.03. The number of thioether (sulfide) groups is 1. The summed E-state index contributed by atoms with van der Waals surface area (Å²) in [4.78, 5) is 13.8. The third-order valence-electron chi connectivity index (χ3n) is 3.49. The molecule has 0 unspecified atom stereocenters. The number of benzene rings is 2. The zero-order valence-corrected chi connectivity index (χ0v) is 13.3. The standard InChI is InChI=1S/C16H11N3OS2/c1-19-11-7-3-5-9-13(11)22-16(19)18-17-14-10-6-2-4-8-12(10)21-15(14)20/h2-9H,1H3. The summed E-state index contributed by atoms with van der Waals surface area (Å²) < 4.78 is 3.14. The first-order valence-electron chi connectivity index (χ1n) is 6.72. The Morgan fingerprint density at radius 3 is 2.64 bits per heavy atom. The molecular weight excluding hydrogens is 314 g/mol. The summed E-state index contributed by atoms with van der Waals surface area (Å²) in [6, 6.07) is 15.8. The number of carbonyl (C=O) groups excluding carboxylic acids is 1. The van der Waals surface area contributed by atoms with Gasteiger partial charge in [0.2, 0.25) is 9.92 Å². The van der Waals surface area contributed by atoms with Crippen molar-refractivity contribution < 1.29 is 4.79 Å². The Balaban J connectivity index is 1.86. The maximum Gasteiger partial charge on any atom is 0.245 e. The lowest BCUT2D eigenvalue weighted by molar-refractivity contribution is -0.105. The quantitative estimate of drug-likeness (QED) is 0.645. The molecule has 0 saturated carbocycles. The first kappa shape index (κ1) is 13.5. The largest absolute Gasteiger partial charge is 0.318 e. The highest BCUT2D eigenvalue weighted by atomic mass is 32.2. The summed E-state index contributed by atoms with van der Waals surface area (Å²) in [6.07, 6.45) is 0. The summed E-state index contributed by atoms with van der Waals surface area (Å²) in [5.74, 6) is 0. The van der Waals surface area contributed by atoms with Crippen LogP contribution in [-0.4, -0.2) is 15.4 Å². The van der Waals surface area contributed by atoms with Crippen molar-refractivity contribution in [1.82, 2.24) is 4.57 Å². The molecule has 22 heavy (non-hydrogen) atoms. The highest BCUT2D eigenvalue weighted by molar-refractivity contribution is 8.16. The van der Waals surface area contributed by atoms with Gasteiger partial charge in [0, 0.05) is 17.5 Å². The molecule has 1 aliphatic heterocycles. The van der Waals surface area contributed by atoms with E-state index in [9.17, 15) is 4.79 Å². The Morgan fingerprint density at radius 2 is 1.77 bits per heavy atom. The second-order valence-electron chi connectivity index (χ2n) is 4.85. The summed E-state index contributed by atoms with van der Waals surface area (Å²) >= 11 is 2.77. The molecule has 108 valence electrons. The van der Waals surface area contributed by atoms with Gasteiger partial charge in [-0.3, -0.25) is 4.79 Å². The molecule has 1 aliphatic rings. The predicted octanol–water partition coefficient (Wildman–Crippen LogP) is 3.18. The van der Waals surface area contributed by atoms with Crippen molar-refractivity contribution in [2.75, 3.05) is 0 Å². The molecule has 3 aromatic rings. The van der Waals surface area contributed by atoms with Crippen molar-refractivity contribution in [3.05, 3.63) is 58.9 Å². The number of hydrogen-bond donors (Lipinski definition) is 0. The molecule has 4 rings (SSSR count). The predicted molar refractivity (Wildman–Crippen MR) is 90.2 cm³/mol. The van der Waals surface area contributed by atoms with Crippen LogP contribution in [0.3, 0.4) is 0 Å². The van der Waals surface area contributed by atoms with Crippen molar-refractivity contribution in [1.29, 1.82) is 0 Å². The fraction of sp³-hybridized carbons (Fsp3) is 0.0625. The minimum atomic E-state index is -0.0475. The van der Waals surface area contributed by atoms with E-state index in [-0.39, 0.29) is 5.12 Å². The molecule has 4 nitrogen and oxygen atoms in total. The van der Waals surface area contributed by atoms with E-state index in [2.05, 4.69) is 16.3 Å². The Hall–Kier alpha value is -2.18. The second-order valence-corrected chi connectivity index (χ2v) is 6.87. The fourth-order valence-corrected chi connectivity index (χ4v) is 4.21. The molecule has 0 radical (unpaired) electrons. The first-order valence-corrected chi connectivity index (χ1v) is 8.35. The molecule has 0 amide bonds. The highest BCUT2D eigenvalue weighted by Gasteiger charge is 2.27. The fourth-order valence-electron chi connectivity index (χ4n) is 2.37. The van der Waals surface area contributed by atoms with Crippen LogP contribution in [0.15, 0.2) is 63.6 Å². The minimum absolute atomic E-state index is 0.0475. The first-order chi connectivity index (χ1) is 10.7. The van der Waals surface area contributed by atoms with E-state index >= 15 is 0 Å². The van der Waals surface area contributed by atoms with Gasteiger partial charge in [-0.05, 0) is 30.0 Å². The number of carbonyl (C=O) groups is 1. The van der Waals surface area contributed by atoms with Crippen LogP contribution in [0.25, 0.3) is 10.2 Å². The molecule has 0 N–H and O–H groups in total. The minimum Gasteiger partial charge on any atom is -0.318 e. The number of nitrogens with zero attached hydrogens (tertiary/aromatic N) is 3. The number of aromatic nitrogens is 1. The molecule has 2 aromatic carbocycles. The van der Waals surface area contributed by atoms with E-state index in [4.69, 9.17) is 0 Å². The zero-order valence-electron chi connectivity index (χ0n) is 11.7. The Morgan fingerprint density at radius 1 is 1.00 bits per heavy atom. The maximum absolute atomic E-state index is 12.1. The molecule has 1 aromatic heterocycles. The van der Waals surface area contributed by atoms with Crippen molar-refractivity contribution >= 4 is 44.1 Å². The van der Waals surface area contributed by atoms with Gasteiger partial charge in [0.15, 0.2) is 0 Å². The summed E-state index contributed by atoms with van der Waals surface area (Å²) in [6.45, 7) is 0. The second kappa shape index (κ2) is 5.23. The van der Waals surface area contributed by atoms with Crippen LogP contribution >= 0.6 is 23.1 Å². The molecule has 0 fully saturated rings. The van der Waals surface area contributed by atoms with Crippen LogP contribution in [0.2, 0.25) is 0 Å². The van der Waals surface area contributed by atoms with Crippen LogP contribution in [0.4, 0.5) is 0 Å². The average molecular weight is 325 g/mol. The van der Waals surface area contributed by atoms with Gasteiger partial charge >= 0.3 is 0 Å². The van der Waals surface area contributed by atoms with Gasteiger partial charge in [-0.15, -0.1) is 10.2 Å². The topological polar surface area (TPSA) is 46.7 Å². The van der Waals surface area contributed by atoms with Crippen LogP contribution in [0, 0.1) is 0 Å². The Labute approximate surface area is 134 Å². The van der Waals surface area contributed by atoms with Crippen LogP contribution in [0.5, 0.6) is 0 Å². The number of fused-ring (bicyclic) bond motifs is 2. The van der Waals surface area contributed by atoms with E-state index in [1.54, 1.807) is 11.3 Å². The van der Waals surface area contributed by atoms with Gasteiger partial charge in [0.25, 0.3) is 0 Å². The van der Waals surface area contributed by atoms with Crippen LogP contribution in [0.1, 0.15) is 5.56 Å². The molecule has 2 heterocycles. The molecular formula is C16H11N3OS2. The van der Waals surface area contributed by atoms with Gasteiger partial charge in [-0.1, -0.05) is 41.7 Å². The van der Waals surface area contributed by atoms with E-state index in [0.29, 0.717) is 5.71 Å². The zero-order chi connectivity index (χ0) is 15.1. The number of rotatable bonds is 1. The van der Waals surface area contributed by atoms with E-state index in [1.807, 2.05) is 54.1 Å². The summed E-state index contributed by atoms with van der Waals surface area (Å²) in [7, 11) is 1.96. The van der Waals surface area contributed by atoms with E-state index < -0.39 is 0 Å². The van der Waals surface area contributed by atoms with Gasteiger partial charge in [-0.25, -0.2) is 0 Å². The Bertz CT molecular complexity index is 998. The lowest BCUT2D eigenvalue weighted by Gasteiger charge is -1.94. The van der Waals surface area contributed by atoms with E-state index in [0.717, 1.165) is 25.5 Å². The molecule has 0 atom stereocenters. The van der Waals surface area contributed by atoms with Crippen molar-refractivity contribution in [2.45, 2.75) is 4.90 Å². The highest BCUT2D eigenvalue weighted by Crippen LogP contribution is 2.32. The third-order valence-corrected chi connectivity index (χ3v) is 5.55. The van der Waals surface area contributed by atoms with Crippen molar-refractivity contribution in [3.63, 3.8) is 0 Å². The lowest BCUT2D eigenvalue weighted by Crippen LogP contribution is -2.11. The van der Waals surface area contributed by atoms with Gasteiger partial charge < -0.3 is 4.57 Å². The normalized spacial score (nSPS) is 16.7. The third kappa shape index (κ3) is 2.12. The number of thiazole rings is 1. The number of aryl methyl sites for hydroxylation is 1. The van der Waals surface area contributed by atoms with Gasteiger partial charge in [0.05, 0.1) is 10.2 Å². The Kier molecular flexibility index (Phi) is 3.20. The lowest BCUT2D eigenvalue weighted by atomic mass is 10.1. The summed E-state index contributed by atoms with van der Waals surface area (Å²) in [5.41, 5.74) is 2.40. The van der Waals surface area contributed by atoms with Crippen LogP contribution < -0.4 is 4.80 Å². The maximum atomic E-state index is 12.1. The smallest absolute Gasteiger partial charge is 0.245 e. The SMILES string of the molecule is Cn1c(=NN=C2C(=O)Sc3ccccc32)sc2ccccc21. The van der Waals surface area contributed by atoms with Crippen LogP contribution in [-0.2, 0) is 11.8 Å². The molecule has 0 saturated heterocycles.